The highest BCUT2D eigenvalue weighted by atomic mass is 32.2. The van der Waals surface area contributed by atoms with Crippen LogP contribution in [0.5, 0.6) is 0 Å². The molecule has 8 heteroatoms. The van der Waals surface area contributed by atoms with Crippen molar-refractivity contribution in [3.8, 4) is 0 Å². The molecule has 1 saturated heterocycles. The summed E-state index contributed by atoms with van der Waals surface area (Å²) in [5, 5.41) is 8.49. The maximum absolute atomic E-state index is 11.8. The molecule has 0 spiro atoms. The van der Waals surface area contributed by atoms with Crippen molar-refractivity contribution in [2.45, 2.75) is 12.5 Å². The predicted molar refractivity (Wildman–Crippen MR) is 67.9 cm³/mol. The number of aliphatic carboxylic acids is 1. The van der Waals surface area contributed by atoms with Gasteiger partial charge in [0.1, 0.15) is 0 Å². The largest absolute Gasteiger partial charge is 0.481 e. The molecular weight excluding hydrogens is 274 g/mol. The third-order valence-corrected chi connectivity index (χ3v) is 3.47. The van der Waals surface area contributed by atoms with Gasteiger partial charge in [-0.3, -0.25) is 14.4 Å². The van der Waals surface area contributed by atoms with E-state index in [4.69, 9.17) is 9.84 Å². The Balaban J connectivity index is 2.34. The molecule has 0 bridgehead atoms. The number of thioether (sulfide) groups is 1. The molecule has 0 aromatic rings. The average molecular weight is 291 g/mol. The third kappa shape index (κ3) is 5.93. The summed E-state index contributed by atoms with van der Waals surface area (Å²) in [6.07, 6.45) is -0.239. The standard InChI is InChI=1S/C11H17NO6S/c1-17-11(16)4-8-5-12(2-3-18-8)9(13)6-19-7-10(14)15/h8H,2-7H2,1H3,(H,14,15). The lowest BCUT2D eigenvalue weighted by atomic mass is 10.2. The molecule has 7 nitrogen and oxygen atoms in total. The molecule has 1 atom stereocenters. The molecule has 1 N–H and O–H groups in total. The summed E-state index contributed by atoms with van der Waals surface area (Å²) in [4.78, 5) is 34.9. The van der Waals surface area contributed by atoms with Crippen LogP contribution in [0.15, 0.2) is 0 Å². The number of morpholine rings is 1. The normalized spacial score (nSPS) is 19.0. The lowest BCUT2D eigenvalue weighted by Gasteiger charge is -2.32. The van der Waals surface area contributed by atoms with Gasteiger partial charge in [0.2, 0.25) is 5.91 Å². The number of rotatable bonds is 6. The summed E-state index contributed by atoms with van der Waals surface area (Å²) < 4.78 is 9.93. The number of amides is 1. The number of carbonyl (C=O) groups is 3. The van der Waals surface area contributed by atoms with Crippen LogP contribution in [0.2, 0.25) is 0 Å². The van der Waals surface area contributed by atoms with Crippen LogP contribution >= 0.6 is 11.8 Å². The van der Waals surface area contributed by atoms with Gasteiger partial charge in [-0.2, -0.15) is 0 Å². The molecule has 0 radical (unpaired) electrons. The van der Waals surface area contributed by atoms with Gasteiger partial charge in [0, 0.05) is 13.1 Å². The Labute approximate surface area is 115 Å². The van der Waals surface area contributed by atoms with Gasteiger partial charge in [0.15, 0.2) is 0 Å². The van der Waals surface area contributed by atoms with Gasteiger partial charge in [-0.1, -0.05) is 0 Å². The Hall–Kier alpha value is -1.28. The Bertz CT molecular complexity index is 348. The molecule has 0 aromatic heterocycles. The molecule has 0 aliphatic carbocycles. The van der Waals surface area contributed by atoms with Gasteiger partial charge in [-0.25, -0.2) is 0 Å². The fraction of sp³-hybridized carbons (Fsp3) is 0.727. The van der Waals surface area contributed by atoms with Gasteiger partial charge in [-0.15, -0.1) is 11.8 Å². The van der Waals surface area contributed by atoms with Crippen LogP contribution in [0.3, 0.4) is 0 Å². The molecule has 19 heavy (non-hydrogen) atoms. The van der Waals surface area contributed by atoms with Crippen molar-refractivity contribution in [3.05, 3.63) is 0 Å². The number of methoxy groups -OCH3 is 1. The molecule has 1 fully saturated rings. The van der Waals surface area contributed by atoms with Crippen LogP contribution in [-0.2, 0) is 23.9 Å². The lowest BCUT2D eigenvalue weighted by Crippen LogP contribution is -2.47. The van der Waals surface area contributed by atoms with Gasteiger partial charge in [-0.05, 0) is 0 Å². The topological polar surface area (TPSA) is 93.1 Å². The van der Waals surface area contributed by atoms with Crippen molar-refractivity contribution in [2.75, 3.05) is 38.3 Å². The molecule has 1 unspecified atom stereocenters. The van der Waals surface area contributed by atoms with Crippen LogP contribution < -0.4 is 0 Å². The van der Waals surface area contributed by atoms with Crippen LogP contribution in [0.1, 0.15) is 6.42 Å². The number of hydrogen-bond acceptors (Lipinski definition) is 6. The number of nitrogens with zero attached hydrogens (tertiary/aromatic N) is 1. The van der Waals surface area contributed by atoms with E-state index in [1.165, 1.54) is 7.11 Å². The lowest BCUT2D eigenvalue weighted by molar-refractivity contribution is -0.149. The molecule has 0 aromatic carbocycles. The van der Waals surface area contributed by atoms with E-state index in [0.29, 0.717) is 19.7 Å². The number of hydrogen-bond donors (Lipinski definition) is 1. The fourth-order valence-corrected chi connectivity index (χ4v) is 2.29. The Morgan fingerprint density at radius 2 is 2.16 bits per heavy atom. The number of carboxylic acid groups (broad SMARTS) is 1. The zero-order valence-electron chi connectivity index (χ0n) is 10.7. The van der Waals surface area contributed by atoms with E-state index < -0.39 is 5.97 Å². The number of carbonyl (C=O) groups excluding carboxylic acids is 2. The summed E-state index contributed by atoms with van der Waals surface area (Å²) >= 11 is 1.06. The Morgan fingerprint density at radius 3 is 2.79 bits per heavy atom. The van der Waals surface area contributed by atoms with Gasteiger partial charge in [0.05, 0.1) is 37.7 Å². The first-order chi connectivity index (χ1) is 9.02. The first-order valence-electron chi connectivity index (χ1n) is 5.78. The van der Waals surface area contributed by atoms with E-state index in [-0.39, 0.29) is 35.9 Å². The van der Waals surface area contributed by atoms with Crippen LogP contribution in [0.4, 0.5) is 0 Å². The molecule has 1 aliphatic rings. The Morgan fingerprint density at radius 1 is 1.42 bits per heavy atom. The molecule has 1 aliphatic heterocycles. The van der Waals surface area contributed by atoms with Crippen molar-refractivity contribution in [3.63, 3.8) is 0 Å². The van der Waals surface area contributed by atoms with E-state index in [2.05, 4.69) is 4.74 Å². The summed E-state index contributed by atoms with van der Waals surface area (Å²) in [5.41, 5.74) is 0. The maximum atomic E-state index is 11.8. The van der Waals surface area contributed by atoms with E-state index in [1.54, 1.807) is 4.90 Å². The summed E-state index contributed by atoms with van der Waals surface area (Å²) in [5.74, 6) is -1.42. The van der Waals surface area contributed by atoms with Gasteiger partial charge >= 0.3 is 11.9 Å². The molecule has 1 rings (SSSR count). The van der Waals surface area contributed by atoms with Gasteiger partial charge < -0.3 is 19.5 Å². The molecule has 108 valence electrons. The van der Waals surface area contributed by atoms with Crippen molar-refractivity contribution in [2.24, 2.45) is 0 Å². The van der Waals surface area contributed by atoms with E-state index in [1.807, 2.05) is 0 Å². The maximum Gasteiger partial charge on any atom is 0.313 e. The number of ether oxygens (including phenoxy) is 2. The van der Waals surface area contributed by atoms with Crippen molar-refractivity contribution < 1.29 is 29.0 Å². The number of esters is 1. The van der Waals surface area contributed by atoms with Crippen molar-refractivity contribution in [1.82, 2.24) is 4.90 Å². The highest BCUT2D eigenvalue weighted by molar-refractivity contribution is 8.00. The van der Waals surface area contributed by atoms with E-state index >= 15 is 0 Å². The minimum absolute atomic E-state index is 0.0956. The quantitative estimate of drug-likeness (QED) is 0.665. The zero-order valence-corrected chi connectivity index (χ0v) is 11.5. The Kier molecular flexibility index (Phi) is 6.65. The van der Waals surface area contributed by atoms with Crippen molar-refractivity contribution >= 4 is 29.6 Å². The zero-order chi connectivity index (χ0) is 14.3. The monoisotopic (exact) mass is 291 g/mol. The van der Waals surface area contributed by atoms with Crippen molar-refractivity contribution in [1.29, 1.82) is 0 Å². The third-order valence-electron chi connectivity index (χ3n) is 2.56. The van der Waals surface area contributed by atoms with E-state index in [9.17, 15) is 14.4 Å². The highest BCUT2D eigenvalue weighted by Gasteiger charge is 2.26. The summed E-state index contributed by atoms with van der Waals surface area (Å²) in [7, 11) is 1.30. The number of carboxylic acids is 1. The smallest absolute Gasteiger partial charge is 0.313 e. The minimum atomic E-state index is -0.941. The summed E-state index contributed by atoms with van der Waals surface area (Å²) in [6.45, 7) is 1.17. The van der Waals surface area contributed by atoms with Crippen LogP contribution in [-0.4, -0.2) is 72.3 Å². The fourth-order valence-electron chi connectivity index (χ4n) is 1.66. The second-order valence-corrected chi connectivity index (χ2v) is 4.98. The first kappa shape index (κ1) is 15.8. The molecular formula is C11H17NO6S. The second-order valence-electron chi connectivity index (χ2n) is 4.00. The second kappa shape index (κ2) is 8.00. The summed E-state index contributed by atoms with van der Waals surface area (Å²) in [6, 6.07) is 0. The van der Waals surface area contributed by atoms with E-state index in [0.717, 1.165) is 11.8 Å². The van der Waals surface area contributed by atoms with Crippen LogP contribution in [0, 0.1) is 0 Å². The average Bonchev–Trinajstić information content (AvgIpc) is 2.38. The first-order valence-corrected chi connectivity index (χ1v) is 6.94. The predicted octanol–water partition coefficient (Wildman–Crippen LogP) is -0.405. The molecule has 1 amide bonds. The SMILES string of the molecule is COC(=O)CC1CN(C(=O)CSCC(=O)O)CCO1. The van der Waals surface area contributed by atoms with Crippen LogP contribution in [0.25, 0.3) is 0 Å². The van der Waals surface area contributed by atoms with Gasteiger partial charge in [0.25, 0.3) is 0 Å². The highest BCUT2D eigenvalue weighted by Crippen LogP contribution is 2.11. The molecule has 1 heterocycles. The molecule has 0 saturated carbocycles. The minimum Gasteiger partial charge on any atom is -0.481 e.